The number of nitriles is 1. The fraction of sp³-hybridized carbons (Fsp3) is 0.308. The molecule has 90 valence electrons. The molecule has 0 aliphatic heterocycles. The Hall–Kier alpha value is -1.86. The Kier molecular flexibility index (Phi) is 5.18. The highest BCUT2D eigenvalue weighted by Crippen LogP contribution is 2.17. The molecule has 1 unspecified atom stereocenters. The molecule has 1 aromatic carbocycles. The lowest BCUT2D eigenvalue weighted by molar-refractivity contribution is 0.0980. The van der Waals surface area contributed by atoms with Gasteiger partial charge < -0.3 is 10.1 Å². The molecule has 0 amide bonds. The lowest BCUT2D eigenvalue weighted by atomic mass is 10.2. The van der Waals surface area contributed by atoms with Gasteiger partial charge in [0.15, 0.2) is 0 Å². The maximum atomic E-state index is 13.3. The van der Waals surface area contributed by atoms with Gasteiger partial charge in [0.2, 0.25) is 0 Å². The second kappa shape index (κ2) is 6.66. The highest BCUT2D eigenvalue weighted by Gasteiger charge is 2.08. The Balaban J connectivity index is 2.60. The maximum absolute atomic E-state index is 13.3. The summed E-state index contributed by atoms with van der Waals surface area (Å²) in [5.41, 5.74) is 0.518. The fourth-order valence-corrected chi connectivity index (χ4v) is 1.33. The lowest BCUT2D eigenvalue weighted by Gasteiger charge is -2.14. The van der Waals surface area contributed by atoms with Crippen molar-refractivity contribution in [3.8, 4) is 6.07 Å². The van der Waals surface area contributed by atoms with Crippen LogP contribution in [0.1, 0.15) is 12.5 Å². The minimum Gasteiger partial charge on any atom is -0.381 e. The minimum absolute atomic E-state index is 0.0309. The topological polar surface area (TPSA) is 45.0 Å². The summed E-state index contributed by atoms with van der Waals surface area (Å²) in [5.74, 6) is -0.517. The predicted octanol–water partition coefficient (Wildman–Crippen LogP) is 2.70. The molecule has 0 heterocycles. The van der Waals surface area contributed by atoms with Crippen molar-refractivity contribution in [3.63, 3.8) is 0 Å². The number of hydrogen-bond acceptors (Lipinski definition) is 3. The number of ether oxygens (including phenoxy) is 1. The maximum Gasteiger partial charge on any atom is 0.143 e. The number of nitrogens with one attached hydrogen (secondary N) is 1. The van der Waals surface area contributed by atoms with E-state index in [0.717, 1.165) is 0 Å². The third kappa shape index (κ3) is 3.89. The number of halogens is 1. The number of hydrogen-bond donors (Lipinski definition) is 1. The smallest absolute Gasteiger partial charge is 0.143 e. The SMILES string of the molecule is C=CCOC(C)CNc1cccc(F)c1C#N. The summed E-state index contributed by atoms with van der Waals surface area (Å²) in [6.07, 6.45) is 1.63. The number of anilines is 1. The molecule has 1 atom stereocenters. The van der Waals surface area contributed by atoms with Gasteiger partial charge in [0.25, 0.3) is 0 Å². The Bertz CT molecular complexity index is 426. The van der Waals surface area contributed by atoms with Gasteiger partial charge >= 0.3 is 0 Å². The predicted molar refractivity (Wildman–Crippen MR) is 65.2 cm³/mol. The average Bonchev–Trinajstić information content (AvgIpc) is 2.33. The van der Waals surface area contributed by atoms with Crippen LogP contribution in [0.5, 0.6) is 0 Å². The minimum atomic E-state index is -0.517. The molecule has 0 fully saturated rings. The van der Waals surface area contributed by atoms with Crippen LogP contribution in [0.15, 0.2) is 30.9 Å². The van der Waals surface area contributed by atoms with Crippen LogP contribution in [0, 0.1) is 17.1 Å². The molecular formula is C13H15FN2O. The normalized spacial score (nSPS) is 11.6. The van der Waals surface area contributed by atoms with Crippen molar-refractivity contribution in [2.75, 3.05) is 18.5 Å². The molecule has 0 radical (unpaired) electrons. The zero-order valence-electron chi connectivity index (χ0n) is 9.74. The largest absolute Gasteiger partial charge is 0.381 e. The van der Waals surface area contributed by atoms with E-state index in [-0.39, 0.29) is 11.7 Å². The first-order chi connectivity index (χ1) is 8.19. The van der Waals surface area contributed by atoms with Gasteiger partial charge in [0.05, 0.1) is 18.4 Å². The van der Waals surface area contributed by atoms with Gasteiger partial charge in [-0.05, 0) is 19.1 Å². The van der Waals surface area contributed by atoms with Crippen molar-refractivity contribution in [1.82, 2.24) is 0 Å². The van der Waals surface area contributed by atoms with Crippen LogP contribution in [0.4, 0.5) is 10.1 Å². The molecule has 0 aliphatic carbocycles. The van der Waals surface area contributed by atoms with Crippen molar-refractivity contribution >= 4 is 5.69 Å². The van der Waals surface area contributed by atoms with E-state index in [2.05, 4.69) is 11.9 Å². The first-order valence-corrected chi connectivity index (χ1v) is 5.34. The van der Waals surface area contributed by atoms with E-state index < -0.39 is 5.82 Å². The van der Waals surface area contributed by atoms with Gasteiger partial charge in [-0.15, -0.1) is 6.58 Å². The van der Waals surface area contributed by atoms with Gasteiger partial charge in [0.1, 0.15) is 17.4 Å². The Labute approximate surface area is 101 Å². The average molecular weight is 234 g/mol. The van der Waals surface area contributed by atoms with Crippen molar-refractivity contribution in [2.24, 2.45) is 0 Å². The highest BCUT2D eigenvalue weighted by atomic mass is 19.1. The molecule has 0 saturated heterocycles. The molecule has 0 saturated carbocycles. The van der Waals surface area contributed by atoms with Crippen molar-refractivity contribution < 1.29 is 9.13 Å². The van der Waals surface area contributed by atoms with E-state index in [1.807, 2.05) is 13.0 Å². The monoisotopic (exact) mass is 234 g/mol. The summed E-state index contributed by atoms with van der Waals surface area (Å²) in [7, 11) is 0. The van der Waals surface area contributed by atoms with Crippen molar-refractivity contribution in [2.45, 2.75) is 13.0 Å². The first-order valence-electron chi connectivity index (χ1n) is 5.34. The van der Waals surface area contributed by atoms with Crippen LogP contribution < -0.4 is 5.32 Å². The van der Waals surface area contributed by atoms with Crippen LogP contribution in [0.3, 0.4) is 0 Å². The molecule has 0 spiro atoms. The molecule has 17 heavy (non-hydrogen) atoms. The molecule has 3 nitrogen and oxygen atoms in total. The summed E-state index contributed by atoms with van der Waals surface area (Å²) in [4.78, 5) is 0. The molecule has 0 aromatic heterocycles. The number of benzene rings is 1. The number of rotatable bonds is 6. The van der Waals surface area contributed by atoms with E-state index in [9.17, 15) is 4.39 Å². The van der Waals surface area contributed by atoms with Crippen LogP contribution in [0.2, 0.25) is 0 Å². The lowest BCUT2D eigenvalue weighted by Crippen LogP contribution is -2.20. The standard InChI is InChI=1S/C13H15FN2O/c1-3-7-17-10(2)9-16-13-6-4-5-12(14)11(13)8-15/h3-6,10,16H,1,7,9H2,2H3. The first kappa shape index (κ1) is 13.2. The van der Waals surface area contributed by atoms with E-state index in [0.29, 0.717) is 18.8 Å². The molecule has 0 bridgehead atoms. The molecule has 4 heteroatoms. The van der Waals surface area contributed by atoms with Crippen LogP contribution in [0.25, 0.3) is 0 Å². The molecule has 1 aromatic rings. The van der Waals surface area contributed by atoms with E-state index in [1.165, 1.54) is 6.07 Å². The third-order valence-corrected chi connectivity index (χ3v) is 2.20. The molecule has 1 N–H and O–H groups in total. The van der Waals surface area contributed by atoms with Crippen LogP contribution in [-0.2, 0) is 4.74 Å². The highest BCUT2D eigenvalue weighted by molar-refractivity contribution is 5.57. The molecule has 0 aliphatic rings. The summed E-state index contributed by atoms with van der Waals surface area (Å²) in [6, 6.07) is 6.33. The van der Waals surface area contributed by atoms with E-state index in [4.69, 9.17) is 10.00 Å². The molecule has 1 rings (SSSR count). The summed E-state index contributed by atoms with van der Waals surface area (Å²) in [6.45, 7) is 6.42. The van der Waals surface area contributed by atoms with Gasteiger partial charge in [-0.3, -0.25) is 0 Å². The van der Waals surface area contributed by atoms with Gasteiger partial charge in [-0.25, -0.2) is 4.39 Å². The van der Waals surface area contributed by atoms with Crippen LogP contribution in [-0.4, -0.2) is 19.3 Å². The second-order valence-corrected chi connectivity index (χ2v) is 3.59. The number of nitrogens with zero attached hydrogens (tertiary/aromatic N) is 1. The Morgan fingerprint density at radius 3 is 3.06 bits per heavy atom. The Morgan fingerprint density at radius 2 is 2.41 bits per heavy atom. The van der Waals surface area contributed by atoms with Crippen LogP contribution >= 0.6 is 0 Å². The van der Waals surface area contributed by atoms with E-state index >= 15 is 0 Å². The van der Waals surface area contributed by atoms with E-state index in [1.54, 1.807) is 18.2 Å². The summed E-state index contributed by atoms with van der Waals surface area (Å²) in [5, 5.41) is 11.8. The fourth-order valence-electron chi connectivity index (χ4n) is 1.33. The second-order valence-electron chi connectivity index (χ2n) is 3.59. The Morgan fingerprint density at radius 1 is 1.65 bits per heavy atom. The zero-order chi connectivity index (χ0) is 12.7. The van der Waals surface area contributed by atoms with Gasteiger partial charge in [-0.2, -0.15) is 5.26 Å². The summed E-state index contributed by atoms with van der Waals surface area (Å²) < 4.78 is 18.6. The van der Waals surface area contributed by atoms with Gasteiger partial charge in [0, 0.05) is 6.54 Å². The van der Waals surface area contributed by atoms with Crippen molar-refractivity contribution in [3.05, 3.63) is 42.2 Å². The third-order valence-electron chi connectivity index (χ3n) is 2.20. The summed E-state index contributed by atoms with van der Waals surface area (Å²) >= 11 is 0. The quantitative estimate of drug-likeness (QED) is 0.770. The van der Waals surface area contributed by atoms with Gasteiger partial charge in [-0.1, -0.05) is 12.1 Å². The molecular weight excluding hydrogens is 219 g/mol. The zero-order valence-corrected chi connectivity index (χ0v) is 9.74. The van der Waals surface area contributed by atoms with Crippen molar-refractivity contribution in [1.29, 1.82) is 5.26 Å².